The van der Waals surface area contributed by atoms with Crippen molar-refractivity contribution < 1.29 is 9.55 Å². The summed E-state index contributed by atoms with van der Waals surface area (Å²) in [7, 11) is 0. The van der Waals surface area contributed by atoms with Crippen LogP contribution in [0.3, 0.4) is 0 Å². The van der Waals surface area contributed by atoms with Crippen molar-refractivity contribution in [3.8, 4) is 11.1 Å². The second kappa shape index (κ2) is 4.01. The smallest absolute Gasteiger partial charge is 0.169 e. The molecule has 0 aliphatic heterocycles. The summed E-state index contributed by atoms with van der Waals surface area (Å²) in [4.78, 5) is 3.02. The van der Waals surface area contributed by atoms with Gasteiger partial charge in [-0.25, -0.2) is 9.55 Å². The standard InChI is InChI=1S/C12H13N2/c1-2-14-9-5-12(6-10-14)11-3-7-13-8-4-11/h3-10H,2H2,1H3/q+1/p+1. The van der Waals surface area contributed by atoms with E-state index in [2.05, 4.69) is 53.1 Å². The molecule has 0 aromatic carbocycles. The largest absolute Gasteiger partial charge is 0.218 e. The zero-order valence-electron chi connectivity index (χ0n) is 8.27. The van der Waals surface area contributed by atoms with Crippen LogP contribution in [0.2, 0.25) is 0 Å². The Kier molecular flexibility index (Phi) is 2.54. The minimum Gasteiger partial charge on any atom is -0.218 e. The van der Waals surface area contributed by atoms with Gasteiger partial charge in [0, 0.05) is 24.3 Å². The summed E-state index contributed by atoms with van der Waals surface area (Å²) in [6, 6.07) is 8.43. The van der Waals surface area contributed by atoms with Crippen LogP contribution in [0, 0.1) is 0 Å². The van der Waals surface area contributed by atoms with Crippen molar-refractivity contribution in [3.05, 3.63) is 49.1 Å². The van der Waals surface area contributed by atoms with Gasteiger partial charge < -0.3 is 0 Å². The highest BCUT2D eigenvalue weighted by molar-refractivity contribution is 5.60. The number of rotatable bonds is 2. The van der Waals surface area contributed by atoms with E-state index < -0.39 is 0 Å². The molecule has 2 aromatic rings. The Morgan fingerprint density at radius 1 is 1.00 bits per heavy atom. The number of nitrogens with one attached hydrogen (secondary N) is 1. The molecule has 0 aliphatic rings. The van der Waals surface area contributed by atoms with E-state index in [1.807, 2.05) is 12.4 Å². The Labute approximate surface area is 83.9 Å². The molecule has 2 rings (SSSR count). The number of H-pyrrole nitrogens is 1. The molecule has 0 unspecified atom stereocenters. The van der Waals surface area contributed by atoms with Crippen LogP contribution in [-0.4, -0.2) is 0 Å². The molecule has 0 saturated carbocycles. The Morgan fingerprint density at radius 2 is 1.57 bits per heavy atom. The molecular formula is C12H14N2+2. The molecule has 14 heavy (non-hydrogen) atoms. The maximum Gasteiger partial charge on any atom is 0.169 e. The molecule has 2 nitrogen and oxygen atoms in total. The quantitative estimate of drug-likeness (QED) is 0.632. The van der Waals surface area contributed by atoms with Crippen molar-refractivity contribution in [3.63, 3.8) is 0 Å². The van der Waals surface area contributed by atoms with Crippen LogP contribution in [0.15, 0.2) is 49.1 Å². The van der Waals surface area contributed by atoms with Gasteiger partial charge >= 0.3 is 0 Å². The second-order valence-electron chi connectivity index (χ2n) is 3.21. The lowest BCUT2D eigenvalue weighted by Gasteiger charge is -1.97. The predicted molar refractivity (Wildman–Crippen MR) is 54.3 cm³/mol. The molecule has 2 heteroatoms. The van der Waals surface area contributed by atoms with Gasteiger partial charge in [-0.05, 0) is 18.1 Å². The number of aromatic amines is 1. The minimum atomic E-state index is 1.02. The summed E-state index contributed by atoms with van der Waals surface area (Å²) in [5.74, 6) is 0. The van der Waals surface area contributed by atoms with Crippen molar-refractivity contribution in [1.82, 2.24) is 0 Å². The fourth-order valence-electron chi connectivity index (χ4n) is 1.44. The molecule has 0 saturated heterocycles. The van der Waals surface area contributed by atoms with E-state index in [1.165, 1.54) is 11.1 Å². The van der Waals surface area contributed by atoms with E-state index in [4.69, 9.17) is 0 Å². The van der Waals surface area contributed by atoms with Crippen molar-refractivity contribution >= 4 is 0 Å². The van der Waals surface area contributed by atoms with Crippen LogP contribution in [0.5, 0.6) is 0 Å². The van der Waals surface area contributed by atoms with Crippen molar-refractivity contribution in [2.45, 2.75) is 13.5 Å². The minimum absolute atomic E-state index is 1.02. The number of hydrogen-bond acceptors (Lipinski definition) is 0. The number of aryl methyl sites for hydroxylation is 1. The third-order valence-corrected chi connectivity index (χ3v) is 2.31. The highest BCUT2D eigenvalue weighted by atomic mass is 14.9. The monoisotopic (exact) mass is 186 g/mol. The van der Waals surface area contributed by atoms with E-state index in [0.29, 0.717) is 0 Å². The van der Waals surface area contributed by atoms with Crippen molar-refractivity contribution in [2.75, 3.05) is 0 Å². The van der Waals surface area contributed by atoms with E-state index in [9.17, 15) is 0 Å². The van der Waals surface area contributed by atoms with Gasteiger partial charge in [0.25, 0.3) is 0 Å². The first-order valence-electron chi connectivity index (χ1n) is 4.86. The maximum atomic E-state index is 3.02. The van der Waals surface area contributed by atoms with Gasteiger partial charge in [0.15, 0.2) is 24.8 Å². The van der Waals surface area contributed by atoms with Gasteiger partial charge in [-0.3, -0.25) is 0 Å². The van der Waals surface area contributed by atoms with Crippen molar-refractivity contribution in [2.24, 2.45) is 0 Å². The highest BCUT2D eigenvalue weighted by Gasteiger charge is 2.00. The average molecular weight is 186 g/mol. The van der Waals surface area contributed by atoms with E-state index >= 15 is 0 Å². The summed E-state index contributed by atoms with van der Waals surface area (Å²) >= 11 is 0. The first kappa shape index (κ1) is 8.88. The topological polar surface area (TPSA) is 18.0 Å². The average Bonchev–Trinajstić information content (AvgIpc) is 2.30. The number of aromatic nitrogens is 2. The van der Waals surface area contributed by atoms with Gasteiger partial charge in [-0.1, -0.05) is 0 Å². The fraction of sp³-hybridized carbons (Fsp3) is 0.167. The van der Waals surface area contributed by atoms with Crippen LogP contribution in [0.1, 0.15) is 6.92 Å². The molecule has 0 fully saturated rings. The SMILES string of the molecule is CC[n+]1ccc(-c2cc[nH+]cc2)cc1. The normalized spacial score (nSPS) is 10.1. The molecule has 0 bridgehead atoms. The molecular weight excluding hydrogens is 172 g/mol. The molecule has 0 atom stereocenters. The van der Waals surface area contributed by atoms with Crippen LogP contribution in [-0.2, 0) is 6.54 Å². The molecule has 0 spiro atoms. The van der Waals surface area contributed by atoms with E-state index in [-0.39, 0.29) is 0 Å². The van der Waals surface area contributed by atoms with Crippen molar-refractivity contribution in [1.29, 1.82) is 0 Å². The Bertz CT molecular complexity index is 392. The van der Waals surface area contributed by atoms with Gasteiger partial charge in [-0.15, -0.1) is 0 Å². The highest BCUT2D eigenvalue weighted by Crippen LogP contribution is 2.14. The van der Waals surface area contributed by atoms with Gasteiger partial charge in [0.1, 0.15) is 6.54 Å². The predicted octanol–water partition coefficient (Wildman–Crippen LogP) is 1.48. The summed E-state index contributed by atoms with van der Waals surface area (Å²) in [5, 5.41) is 0. The second-order valence-corrected chi connectivity index (χ2v) is 3.21. The number of nitrogens with zero attached hydrogens (tertiary/aromatic N) is 1. The Balaban J connectivity index is 2.34. The third-order valence-electron chi connectivity index (χ3n) is 2.31. The van der Waals surface area contributed by atoms with E-state index in [1.54, 1.807) is 0 Å². The molecule has 0 amide bonds. The van der Waals surface area contributed by atoms with Gasteiger partial charge in [-0.2, -0.15) is 0 Å². The summed E-state index contributed by atoms with van der Waals surface area (Å²) in [6.45, 7) is 3.15. The Hall–Kier alpha value is -1.70. The Morgan fingerprint density at radius 3 is 2.14 bits per heavy atom. The molecule has 1 N–H and O–H groups in total. The number of pyridine rings is 2. The van der Waals surface area contributed by atoms with Crippen LogP contribution in [0.25, 0.3) is 11.1 Å². The lowest BCUT2D eigenvalue weighted by atomic mass is 10.1. The summed E-state index contributed by atoms with van der Waals surface area (Å²) < 4.78 is 2.15. The van der Waals surface area contributed by atoms with Gasteiger partial charge in [0.2, 0.25) is 0 Å². The lowest BCUT2D eigenvalue weighted by Crippen LogP contribution is -2.30. The molecule has 70 valence electrons. The summed E-state index contributed by atoms with van der Waals surface area (Å²) in [5.41, 5.74) is 2.50. The first-order valence-corrected chi connectivity index (χ1v) is 4.86. The van der Waals surface area contributed by atoms with Gasteiger partial charge in [0.05, 0.1) is 0 Å². The first-order chi connectivity index (χ1) is 6.90. The fourth-order valence-corrected chi connectivity index (χ4v) is 1.44. The zero-order chi connectivity index (χ0) is 9.80. The molecule has 0 radical (unpaired) electrons. The van der Waals surface area contributed by atoms with Crippen LogP contribution >= 0.6 is 0 Å². The molecule has 0 aliphatic carbocycles. The lowest BCUT2D eigenvalue weighted by molar-refractivity contribution is -0.693. The maximum absolute atomic E-state index is 3.02. The van der Waals surface area contributed by atoms with E-state index in [0.717, 1.165) is 6.54 Å². The molecule has 2 heterocycles. The van der Waals surface area contributed by atoms with Crippen LogP contribution in [0.4, 0.5) is 0 Å². The van der Waals surface area contributed by atoms with Crippen LogP contribution < -0.4 is 9.55 Å². The number of hydrogen-bond donors (Lipinski definition) is 0. The zero-order valence-corrected chi connectivity index (χ0v) is 8.27. The third kappa shape index (κ3) is 1.79. The summed E-state index contributed by atoms with van der Waals surface area (Å²) in [6.07, 6.45) is 8.09. The molecule has 2 aromatic heterocycles.